The van der Waals surface area contributed by atoms with Crippen molar-refractivity contribution in [2.24, 2.45) is 11.8 Å². The highest BCUT2D eigenvalue weighted by atomic mass is 32.2. The lowest BCUT2D eigenvalue weighted by molar-refractivity contribution is 0.222. The second kappa shape index (κ2) is 6.13. The van der Waals surface area contributed by atoms with Crippen LogP contribution in [0.25, 0.3) is 10.8 Å². The van der Waals surface area contributed by atoms with Crippen molar-refractivity contribution in [2.75, 3.05) is 20.2 Å². The number of ether oxygens (including phenoxy) is 1. The first-order valence-corrected chi connectivity index (χ1v) is 9.43. The molecule has 124 valence electrons. The molecule has 3 rings (SSSR count). The molecule has 1 aliphatic heterocycles. The van der Waals surface area contributed by atoms with Crippen LogP contribution < -0.4 is 4.74 Å². The van der Waals surface area contributed by atoms with Crippen molar-refractivity contribution >= 4 is 20.8 Å². The number of nitrogens with zero attached hydrogens (tertiary/aromatic N) is 1. The highest BCUT2D eigenvalue weighted by molar-refractivity contribution is 7.89. The number of fused-ring (bicyclic) bond motifs is 1. The molecular weight excluding hydrogens is 310 g/mol. The lowest BCUT2D eigenvalue weighted by atomic mass is 9.94. The zero-order chi connectivity index (χ0) is 16.6. The Morgan fingerprint density at radius 2 is 1.61 bits per heavy atom. The van der Waals surface area contributed by atoms with Crippen molar-refractivity contribution in [3.05, 3.63) is 36.4 Å². The van der Waals surface area contributed by atoms with Gasteiger partial charge < -0.3 is 4.74 Å². The summed E-state index contributed by atoms with van der Waals surface area (Å²) in [6, 6.07) is 10.9. The Hall–Kier alpha value is -1.59. The summed E-state index contributed by atoms with van der Waals surface area (Å²) < 4.78 is 33.4. The Morgan fingerprint density at radius 3 is 2.22 bits per heavy atom. The van der Waals surface area contributed by atoms with Gasteiger partial charge in [0, 0.05) is 23.9 Å². The topological polar surface area (TPSA) is 46.6 Å². The van der Waals surface area contributed by atoms with Crippen LogP contribution in [0, 0.1) is 11.8 Å². The molecule has 0 amide bonds. The van der Waals surface area contributed by atoms with Gasteiger partial charge in [-0.2, -0.15) is 4.31 Å². The summed E-state index contributed by atoms with van der Waals surface area (Å²) in [5.74, 6) is 1.47. The maximum Gasteiger partial charge on any atom is 0.243 e. The summed E-state index contributed by atoms with van der Waals surface area (Å²) in [4.78, 5) is 0.371. The van der Waals surface area contributed by atoms with Crippen LogP contribution in [-0.2, 0) is 10.0 Å². The summed E-state index contributed by atoms with van der Waals surface area (Å²) >= 11 is 0. The van der Waals surface area contributed by atoms with Crippen molar-refractivity contribution in [1.29, 1.82) is 0 Å². The molecule has 0 unspecified atom stereocenters. The second-order valence-electron chi connectivity index (χ2n) is 6.58. The fourth-order valence-corrected chi connectivity index (χ4v) is 5.46. The monoisotopic (exact) mass is 333 g/mol. The standard InChI is InChI=1S/C18H23NO3S/c1-13-10-14(2)12-19(11-13)23(20,21)18-9-8-17(22-3)15-6-4-5-7-16(15)18/h4-9,13-14H,10-12H2,1-3H3/t13-,14-/m1/s1. The van der Waals surface area contributed by atoms with E-state index in [4.69, 9.17) is 4.74 Å². The van der Waals surface area contributed by atoms with Crippen molar-refractivity contribution < 1.29 is 13.2 Å². The van der Waals surface area contributed by atoms with Gasteiger partial charge in [0.25, 0.3) is 0 Å². The Morgan fingerprint density at radius 1 is 1.00 bits per heavy atom. The zero-order valence-corrected chi connectivity index (χ0v) is 14.6. The molecule has 0 aromatic heterocycles. The molecule has 4 nitrogen and oxygen atoms in total. The summed E-state index contributed by atoms with van der Waals surface area (Å²) in [6.45, 7) is 5.41. The molecule has 5 heteroatoms. The Bertz CT molecular complexity index is 806. The van der Waals surface area contributed by atoms with Gasteiger partial charge in [0.15, 0.2) is 0 Å². The first kappa shape index (κ1) is 16.3. The Labute approximate surface area is 138 Å². The first-order chi connectivity index (χ1) is 10.9. The third-order valence-electron chi connectivity index (χ3n) is 4.52. The van der Waals surface area contributed by atoms with Gasteiger partial charge in [0.05, 0.1) is 12.0 Å². The average Bonchev–Trinajstić information content (AvgIpc) is 2.52. The SMILES string of the molecule is COc1ccc(S(=O)(=O)N2C[C@H](C)C[C@@H](C)C2)c2ccccc12. The minimum atomic E-state index is -3.50. The van der Waals surface area contributed by atoms with E-state index in [1.807, 2.05) is 24.3 Å². The number of hydrogen-bond acceptors (Lipinski definition) is 3. The maximum atomic E-state index is 13.2. The van der Waals surface area contributed by atoms with Crippen LogP contribution in [0.2, 0.25) is 0 Å². The van der Waals surface area contributed by atoms with Crippen molar-refractivity contribution in [3.63, 3.8) is 0 Å². The summed E-state index contributed by atoms with van der Waals surface area (Å²) in [5, 5.41) is 1.55. The number of benzene rings is 2. The quantitative estimate of drug-likeness (QED) is 0.863. The molecule has 1 saturated heterocycles. The molecular formula is C18H23NO3S. The van der Waals surface area contributed by atoms with E-state index in [0.29, 0.717) is 35.6 Å². The number of methoxy groups -OCH3 is 1. The highest BCUT2D eigenvalue weighted by Crippen LogP contribution is 2.34. The van der Waals surface area contributed by atoms with Gasteiger partial charge in [-0.25, -0.2) is 8.42 Å². The lowest BCUT2D eigenvalue weighted by Gasteiger charge is -2.34. The third-order valence-corrected chi connectivity index (χ3v) is 6.41. The molecule has 0 bridgehead atoms. The molecule has 1 fully saturated rings. The average molecular weight is 333 g/mol. The molecule has 2 atom stereocenters. The van der Waals surface area contributed by atoms with Gasteiger partial charge in [-0.15, -0.1) is 0 Å². The van der Waals surface area contributed by atoms with Gasteiger partial charge in [0.2, 0.25) is 10.0 Å². The van der Waals surface area contributed by atoms with Crippen LogP contribution in [0.1, 0.15) is 20.3 Å². The molecule has 0 spiro atoms. The van der Waals surface area contributed by atoms with Crippen molar-refractivity contribution in [3.8, 4) is 5.75 Å². The van der Waals surface area contributed by atoms with E-state index in [2.05, 4.69) is 13.8 Å². The molecule has 23 heavy (non-hydrogen) atoms. The molecule has 1 aliphatic rings. The van der Waals surface area contributed by atoms with E-state index < -0.39 is 10.0 Å². The molecule has 0 N–H and O–H groups in total. The predicted molar refractivity (Wildman–Crippen MR) is 92.2 cm³/mol. The van der Waals surface area contributed by atoms with Gasteiger partial charge in [0.1, 0.15) is 5.75 Å². The van der Waals surface area contributed by atoms with Gasteiger partial charge in [-0.05, 0) is 30.4 Å². The van der Waals surface area contributed by atoms with Gasteiger partial charge in [-0.3, -0.25) is 0 Å². The molecule has 0 saturated carbocycles. The van der Waals surface area contributed by atoms with Crippen LogP contribution in [0.4, 0.5) is 0 Å². The largest absolute Gasteiger partial charge is 0.496 e. The van der Waals surface area contributed by atoms with Crippen LogP contribution in [0.5, 0.6) is 5.75 Å². The van der Waals surface area contributed by atoms with E-state index >= 15 is 0 Å². The number of rotatable bonds is 3. The van der Waals surface area contributed by atoms with Gasteiger partial charge >= 0.3 is 0 Å². The van der Waals surface area contributed by atoms with Crippen LogP contribution in [0.15, 0.2) is 41.3 Å². The smallest absolute Gasteiger partial charge is 0.243 e. The highest BCUT2D eigenvalue weighted by Gasteiger charge is 2.32. The van der Waals surface area contributed by atoms with E-state index in [9.17, 15) is 8.42 Å². The summed E-state index contributed by atoms with van der Waals surface area (Å²) in [5.41, 5.74) is 0. The predicted octanol–water partition coefficient (Wildman–Crippen LogP) is 3.52. The first-order valence-electron chi connectivity index (χ1n) is 7.99. The molecule has 2 aromatic rings. The molecule has 2 aromatic carbocycles. The van der Waals surface area contributed by atoms with Crippen molar-refractivity contribution in [2.45, 2.75) is 25.2 Å². The molecule has 0 aliphatic carbocycles. The number of sulfonamides is 1. The third kappa shape index (κ3) is 2.95. The molecule has 1 heterocycles. The number of piperidine rings is 1. The van der Waals surface area contributed by atoms with Crippen LogP contribution >= 0.6 is 0 Å². The Kier molecular flexibility index (Phi) is 4.34. The lowest BCUT2D eigenvalue weighted by Crippen LogP contribution is -2.42. The van der Waals surface area contributed by atoms with Crippen LogP contribution in [-0.4, -0.2) is 32.9 Å². The minimum Gasteiger partial charge on any atom is -0.496 e. The fourth-order valence-electron chi connectivity index (χ4n) is 3.59. The van der Waals surface area contributed by atoms with E-state index in [-0.39, 0.29) is 0 Å². The van der Waals surface area contributed by atoms with Gasteiger partial charge in [-0.1, -0.05) is 38.1 Å². The van der Waals surface area contributed by atoms with Crippen molar-refractivity contribution in [1.82, 2.24) is 4.31 Å². The zero-order valence-electron chi connectivity index (χ0n) is 13.8. The minimum absolute atomic E-state index is 0.371. The van der Waals surface area contributed by atoms with E-state index in [1.165, 1.54) is 0 Å². The fraction of sp³-hybridized carbons (Fsp3) is 0.444. The second-order valence-corrected chi connectivity index (χ2v) is 8.49. The van der Waals surface area contributed by atoms with E-state index in [1.54, 1.807) is 23.5 Å². The number of hydrogen-bond donors (Lipinski definition) is 0. The van der Waals surface area contributed by atoms with Crippen LogP contribution in [0.3, 0.4) is 0 Å². The van der Waals surface area contributed by atoms with E-state index in [0.717, 1.165) is 17.2 Å². The normalized spacial score (nSPS) is 23.1. The summed E-state index contributed by atoms with van der Waals surface area (Å²) in [7, 11) is -1.90. The Balaban J connectivity index is 2.12. The summed E-state index contributed by atoms with van der Waals surface area (Å²) in [6.07, 6.45) is 1.08. The maximum absolute atomic E-state index is 13.2. The molecule has 0 radical (unpaired) electrons.